The van der Waals surface area contributed by atoms with Crippen LogP contribution >= 0.6 is 0 Å². The van der Waals surface area contributed by atoms with Gasteiger partial charge in [-0.15, -0.1) is 0 Å². The Kier molecular flexibility index (Phi) is 4.36. The maximum atomic E-state index is 13.9. The molecule has 0 radical (unpaired) electrons. The van der Waals surface area contributed by atoms with E-state index < -0.39 is 23.5 Å². The van der Waals surface area contributed by atoms with Gasteiger partial charge in [-0.25, -0.2) is 4.39 Å². The number of benzene rings is 2. The predicted octanol–water partition coefficient (Wildman–Crippen LogP) is 4.33. The number of hydrogen-bond donors (Lipinski definition) is 2. The Morgan fingerprint density at radius 2 is 1.90 bits per heavy atom. The first-order chi connectivity index (χ1) is 15.1. The number of carbonyl (C=O) groups excluding carboxylic acids is 2. The number of aliphatic hydroxyl groups excluding tert-OH is 1. The number of ketones is 1. The number of halogens is 1. The van der Waals surface area contributed by atoms with E-state index in [1.165, 1.54) is 29.3 Å². The quantitative estimate of drug-likeness (QED) is 0.297. The fourth-order valence-electron chi connectivity index (χ4n) is 3.99. The summed E-state index contributed by atoms with van der Waals surface area (Å²) in [5.41, 5.74) is 1.84. The SMILES string of the molecule is O=C1C(=O)N(c2cccc(F)c2)C(c2cccnc2)/C1=C(/O)c1c[nH]c2ccccc12. The van der Waals surface area contributed by atoms with E-state index in [0.717, 1.165) is 5.52 Å². The summed E-state index contributed by atoms with van der Waals surface area (Å²) in [6.07, 6.45) is 4.68. The largest absolute Gasteiger partial charge is 0.507 e. The number of aliphatic hydroxyl groups is 1. The van der Waals surface area contributed by atoms with Gasteiger partial charge in [-0.2, -0.15) is 0 Å². The van der Waals surface area contributed by atoms with Crippen LogP contribution in [0.1, 0.15) is 17.2 Å². The number of amides is 1. The molecule has 1 fully saturated rings. The van der Waals surface area contributed by atoms with Crippen molar-refractivity contribution >= 4 is 34.0 Å². The molecule has 0 bridgehead atoms. The summed E-state index contributed by atoms with van der Waals surface area (Å²) >= 11 is 0. The first-order valence-corrected chi connectivity index (χ1v) is 9.59. The van der Waals surface area contributed by atoms with Crippen LogP contribution in [0.2, 0.25) is 0 Å². The van der Waals surface area contributed by atoms with Gasteiger partial charge in [0.2, 0.25) is 0 Å². The van der Waals surface area contributed by atoms with Crippen molar-refractivity contribution < 1.29 is 19.1 Å². The van der Waals surface area contributed by atoms with Gasteiger partial charge in [-0.1, -0.05) is 30.3 Å². The molecule has 2 aromatic carbocycles. The maximum absolute atomic E-state index is 13.9. The van der Waals surface area contributed by atoms with E-state index in [4.69, 9.17) is 0 Å². The average molecular weight is 413 g/mol. The lowest BCUT2D eigenvalue weighted by atomic mass is 9.96. The van der Waals surface area contributed by atoms with Crippen LogP contribution < -0.4 is 4.90 Å². The summed E-state index contributed by atoms with van der Waals surface area (Å²) < 4.78 is 13.9. The summed E-state index contributed by atoms with van der Waals surface area (Å²) in [5, 5.41) is 11.9. The number of rotatable bonds is 3. The Morgan fingerprint density at radius 1 is 1.06 bits per heavy atom. The molecule has 1 amide bonds. The Labute approximate surface area is 176 Å². The minimum atomic E-state index is -0.954. The van der Waals surface area contributed by atoms with Gasteiger partial charge in [-0.3, -0.25) is 19.5 Å². The van der Waals surface area contributed by atoms with Gasteiger partial charge in [0.05, 0.1) is 11.6 Å². The molecule has 0 aliphatic carbocycles. The maximum Gasteiger partial charge on any atom is 0.300 e. The van der Waals surface area contributed by atoms with Crippen molar-refractivity contribution in [1.82, 2.24) is 9.97 Å². The van der Waals surface area contributed by atoms with Crippen LogP contribution in [0, 0.1) is 5.82 Å². The zero-order valence-corrected chi connectivity index (χ0v) is 16.1. The number of carbonyl (C=O) groups is 2. The number of fused-ring (bicyclic) bond motifs is 1. The standard InChI is InChI=1S/C24H16FN3O3/c25-15-6-3-7-16(11-15)28-21(14-5-4-10-26-12-14)20(23(30)24(28)31)22(29)18-13-27-19-9-2-1-8-17(18)19/h1-13,21,27,29H/b22-20-. The molecule has 1 aliphatic rings. The minimum Gasteiger partial charge on any atom is -0.507 e. The summed E-state index contributed by atoms with van der Waals surface area (Å²) in [6, 6.07) is 15.2. The van der Waals surface area contributed by atoms with Crippen molar-refractivity contribution in [1.29, 1.82) is 0 Å². The van der Waals surface area contributed by atoms with Crippen LogP contribution in [0.4, 0.5) is 10.1 Å². The number of para-hydroxylation sites is 1. The van der Waals surface area contributed by atoms with E-state index in [2.05, 4.69) is 9.97 Å². The van der Waals surface area contributed by atoms with Gasteiger partial charge in [0.25, 0.3) is 11.7 Å². The molecule has 6 nitrogen and oxygen atoms in total. The molecular weight excluding hydrogens is 397 g/mol. The fourth-order valence-corrected chi connectivity index (χ4v) is 3.99. The van der Waals surface area contributed by atoms with E-state index >= 15 is 0 Å². The van der Waals surface area contributed by atoms with Crippen LogP contribution in [0.15, 0.2) is 84.8 Å². The van der Waals surface area contributed by atoms with Gasteiger partial charge in [-0.05, 0) is 35.9 Å². The van der Waals surface area contributed by atoms with Crippen LogP contribution in [-0.4, -0.2) is 26.8 Å². The molecule has 1 unspecified atom stereocenters. The Bertz CT molecular complexity index is 1360. The first-order valence-electron chi connectivity index (χ1n) is 9.59. The molecule has 0 spiro atoms. The molecule has 1 aliphatic heterocycles. The van der Waals surface area contributed by atoms with Crippen molar-refractivity contribution in [2.24, 2.45) is 0 Å². The number of aromatic nitrogens is 2. The fraction of sp³-hybridized carbons (Fsp3) is 0.0417. The molecule has 4 aromatic rings. The van der Waals surface area contributed by atoms with Gasteiger partial charge >= 0.3 is 0 Å². The molecule has 1 saturated heterocycles. The zero-order chi connectivity index (χ0) is 21.5. The second-order valence-corrected chi connectivity index (χ2v) is 7.18. The van der Waals surface area contributed by atoms with E-state index in [-0.39, 0.29) is 17.0 Å². The van der Waals surface area contributed by atoms with Gasteiger partial charge in [0, 0.05) is 40.7 Å². The number of hydrogen-bond acceptors (Lipinski definition) is 4. The zero-order valence-electron chi connectivity index (χ0n) is 16.1. The van der Waals surface area contributed by atoms with Crippen LogP contribution in [0.3, 0.4) is 0 Å². The Balaban J connectivity index is 1.76. The van der Waals surface area contributed by atoms with Crippen LogP contribution in [0.5, 0.6) is 0 Å². The minimum absolute atomic E-state index is 0.0768. The lowest BCUT2D eigenvalue weighted by Crippen LogP contribution is -2.29. The molecule has 2 N–H and O–H groups in total. The third-order valence-electron chi connectivity index (χ3n) is 5.38. The highest BCUT2D eigenvalue weighted by molar-refractivity contribution is 6.51. The van der Waals surface area contributed by atoms with E-state index in [1.54, 1.807) is 30.6 Å². The molecule has 31 heavy (non-hydrogen) atoms. The highest BCUT2D eigenvalue weighted by atomic mass is 19.1. The third kappa shape index (κ3) is 2.98. The van der Waals surface area contributed by atoms with Crippen LogP contribution in [0.25, 0.3) is 16.7 Å². The molecule has 1 atom stereocenters. The molecular formula is C24H16FN3O3. The number of H-pyrrole nitrogens is 1. The summed E-state index contributed by atoms with van der Waals surface area (Å²) in [6.45, 7) is 0. The molecule has 0 saturated carbocycles. The van der Waals surface area contributed by atoms with Crippen molar-refractivity contribution in [2.75, 3.05) is 4.90 Å². The molecule has 2 aromatic heterocycles. The van der Waals surface area contributed by atoms with E-state index in [9.17, 15) is 19.1 Å². The van der Waals surface area contributed by atoms with Crippen molar-refractivity contribution in [3.63, 3.8) is 0 Å². The van der Waals surface area contributed by atoms with Crippen molar-refractivity contribution in [2.45, 2.75) is 6.04 Å². The lowest BCUT2D eigenvalue weighted by molar-refractivity contribution is -0.132. The van der Waals surface area contributed by atoms with Crippen molar-refractivity contribution in [3.8, 4) is 0 Å². The summed E-state index contributed by atoms with van der Waals surface area (Å²) in [5.74, 6) is -2.54. The molecule has 7 heteroatoms. The predicted molar refractivity (Wildman–Crippen MR) is 114 cm³/mol. The van der Waals surface area contributed by atoms with E-state index in [1.807, 2.05) is 24.3 Å². The number of anilines is 1. The number of nitrogens with one attached hydrogen (secondary N) is 1. The normalized spacial score (nSPS) is 18.1. The van der Waals surface area contributed by atoms with E-state index in [0.29, 0.717) is 16.5 Å². The highest BCUT2D eigenvalue weighted by Crippen LogP contribution is 2.42. The Morgan fingerprint density at radius 3 is 2.68 bits per heavy atom. The number of aromatic amines is 1. The molecule has 3 heterocycles. The monoisotopic (exact) mass is 413 g/mol. The average Bonchev–Trinajstić information content (AvgIpc) is 3.33. The van der Waals surface area contributed by atoms with Gasteiger partial charge < -0.3 is 10.1 Å². The smallest absolute Gasteiger partial charge is 0.300 e. The topological polar surface area (TPSA) is 86.3 Å². The number of nitrogens with zero attached hydrogens (tertiary/aromatic N) is 2. The summed E-state index contributed by atoms with van der Waals surface area (Å²) in [4.78, 5) is 34.5. The highest BCUT2D eigenvalue weighted by Gasteiger charge is 2.47. The number of Topliss-reactive ketones (excluding diaryl/α,β-unsaturated/α-hetero) is 1. The second kappa shape index (κ2) is 7.21. The first kappa shape index (κ1) is 18.7. The van der Waals surface area contributed by atoms with Crippen molar-refractivity contribution in [3.05, 3.63) is 102 Å². The van der Waals surface area contributed by atoms with Crippen LogP contribution in [-0.2, 0) is 9.59 Å². The van der Waals surface area contributed by atoms with Gasteiger partial charge in [0.1, 0.15) is 11.6 Å². The number of pyridine rings is 1. The Hall–Kier alpha value is -4.26. The lowest BCUT2D eigenvalue weighted by Gasteiger charge is -2.25. The molecule has 152 valence electrons. The third-order valence-corrected chi connectivity index (χ3v) is 5.38. The molecule has 5 rings (SSSR count). The second-order valence-electron chi connectivity index (χ2n) is 7.18. The van der Waals surface area contributed by atoms with Gasteiger partial charge in [0.15, 0.2) is 0 Å². The summed E-state index contributed by atoms with van der Waals surface area (Å²) in [7, 11) is 0.